The third-order valence-corrected chi connectivity index (χ3v) is 7.83. The van der Waals surface area contributed by atoms with Gasteiger partial charge in [-0.25, -0.2) is 12.8 Å². The first-order valence-corrected chi connectivity index (χ1v) is 14.3. The molecule has 7 nitrogen and oxygen atoms in total. The maximum absolute atomic E-state index is 14.5. The van der Waals surface area contributed by atoms with Gasteiger partial charge in [0, 0.05) is 22.6 Å². The van der Waals surface area contributed by atoms with Crippen LogP contribution < -0.4 is 9.62 Å². The van der Waals surface area contributed by atoms with Gasteiger partial charge in [-0.15, -0.1) is 0 Å². The number of hydrogen-bond acceptors (Lipinski definition) is 4. The van der Waals surface area contributed by atoms with E-state index in [1.54, 1.807) is 49.4 Å². The smallest absolute Gasteiger partial charge is 0.244 e. The van der Waals surface area contributed by atoms with Crippen LogP contribution in [0, 0.1) is 5.82 Å². The molecule has 1 fully saturated rings. The molecule has 0 aliphatic heterocycles. The standard InChI is InChI=1S/C25H31BrFN3O4S/c1-18(25(32)28-21-11-4-3-5-12-21)29(16-19-9-6-7-14-23(19)27)24(31)17-30(35(2,33)34)22-13-8-10-20(26)15-22/h6-10,13-15,18,21H,3-5,11-12,16-17H2,1-2H3,(H,28,32)/t18-/m1/s1. The molecule has 1 aliphatic rings. The molecule has 0 spiro atoms. The summed E-state index contributed by atoms with van der Waals surface area (Å²) in [5.74, 6) is -1.45. The van der Waals surface area contributed by atoms with Crippen molar-refractivity contribution < 1.29 is 22.4 Å². The van der Waals surface area contributed by atoms with Crippen molar-refractivity contribution in [2.24, 2.45) is 0 Å². The van der Waals surface area contributed by atoms with Gasteiger partial charge >= 0.3 is 0 Å². The second kappa shape index (κ2) is 12.0. The van der Waals surface area contributed by atoms with Gasteiger partial charge in [0.15, 0.2) is 0 Å². The van der Waals surface area contributed by atoms with E-state index in [1.807, 2.05) is 0 Å². The van der Waals surface area contributed by atoms with Crippen LogP contribution in [0.1, 0.15) is 44.6 Å². The zero-order valence-electron chi connectivity index (χ0n) is 19.9. The molecule has 2 amide bonds. The van der Waals surface area contributed by atoms with E-state index in [0.717, 1.165) is 42.7 Å². The third-order valence-electron chi connectivity index (χ3n) is 6.19. The quantitative estimate of drug-likeness (QED) is 0.491. The van der Waals surface area contributed by atoms with Gasteiger partial charge < -0.3 is 10.2 Å². The summed E-state index contributed by atoms with van der Waals surface area (Å²) in [7, 11) is -3.82. The summed E-state index contributed by atoms with van der Waals surface area (Å²) in [6, 6.07) is 11.7. The highest BCUT2D eigenvalue weighted by Gasteiger charge is 2.31. The largest absolute Gasteiger partial charge is 0.352 e. The Hall–Kier alpha value is -2.46. The van der Waals surface area contributed by atoms with Gasteiger partial charge in [-0.05, 0) is 44.0 Å². The second-order valence-corrected chi connectivity index (χ2v) is 11.7. The van der Waals surface area contributed by atoms with Crippen LogP contribution >= 0.6 is 15.9 Å². The molecule has 35 heavy (non-hydrogen) atoms. The van der Waals surface area contributed by atoms with Gasteiger partial charge in [0.25, 0.3) is 0 Å². The molecule has 1 aliphatic carbocycles. The summed E-state index contributed by atoms with van der Waals surface area (Å²) < 4.78 is 41.3. The molecule has 2 aromatic rings. The van der Waals surface area contributed by atoms with Crippen molar-refractivity contribution >= 4 is 43.5 Å². The van der Waals surface area contributed by atoms with Crippen LogP contribution in [0.3, 0.4) is 0 Å². The van der Waals surface area contributed by atoms with Crippen molar-refractivity contribution in [3.8, 4) is 0 Å². The van der Waals surface area contributed by atoms with Gasteiger partial charge in [-0.2, -0.15) is 0 Å². The number of carbonyl (C=O) groups excluding carboxylic acids is 2. The first-order valence-electron chi connectivity index (χ1n) is 11.6. The van der Waals surface area contributed by atoms with E-state index in [0.29, 0.717) is 10.2 Å². The van der Waals surface area contributed by atoms with E-state index in [-0.39, 0.29) is 24.1 Å². The summed E-state index contributed by atoms with van der Waals surface area (Å²) in [5, 5.41) is 3.01. The highest BCUT2D eigenvalue weighted by atomic mass is 79.9. The molecule has 10 heteroatoms. The van der Waals surface area contributed by atoms with Gasteiger partial charge in [-0.1, -0.05) is 59.5 Å². The maximum atomic E-state index is 14.5. The van der Waals surface area contributed by atoms with Crippen molar-refractivity contribution in [3.63, 3.8) is 0 Å². The lowest BCUT2D eigenvalue weighted by Crippen LogP contribution is -2.53. The SMILES string of the molecule is C[C@H](C(=O)NC1CCCCC1)N(Cc1ccccc1F)C(=O)CN(c1cccc(Br)c1)S(C)(=O)=O. The van der Waals surface area contributed by atoms with Crippen LogP contribution in [0.4, 0.5) is 10.1 Å². The number of nitrogens with zero attached hydrogens (tertiary/aromatic N) is 2. The number of anilines is 1. The molecule has 1 atom stereocenters. The fraction of sp³-hybridized carbons (Fsp3) is 0.440. The van der Waals surface area contributed by atoms with E-state index < -0.39 is 34.3 Å². The molecule has 0 bridgehead atoms. The number of sulfonamides is 1. The molecule has 0 radical (unpaired) electrons. The molecule has 190 valence electrons. The molecule has 1 N–H and O–H groups in total. The summed E-state index contributed by atoms with van der Waals surface area (Å²) in [4.78, 5) is 27.9. The van der Waals surface area contributed by atoms with Crippen molar-refractivity contribution in [2.45, 2.75) is 57.7 Å². The minimum absolute atomic E-state index is 0.0401. The Morgan fingerprint density at radius 1 is 1.11 bits per heavy atom. The Labute approximate surface area is 214 Å². The monoisotopic (exact) mass is 567 g/mol. The Morgan fingerprint density at radius 2 is 1.80 bits per heavy atom. The third kappa shape index (κ3) is 7.51. The number of amides is 2. The first kappa shape index (κ1) is 27.1. The Bertz CT molecular complexity index is 1150. The van der Waals surface area contributed by atoms with Crippen LogP contribution in [-0.4, -0.2) is 50.0 Å². The number of rotatable bonds is 9. The Kier molecular flexibility index (Phi) is 9.29. The summed E-state index contributed by atoms with van der Waals surface area (Å²) in [6.45, 7) is 0.895. The van der Waals surface area contributed by atoms with Crippen LogP contribution in [-0.2, 0) is 26.2 Å². The molecule has 3 rings (SSSR count). The van der Waals surface area contributed by atoms with Crippen LogP contribution in [0.15, 0.2) is 53.0 Å². The second-order valence-electron chi connectivity index (χ2n) is 8.88. The van der Waals surface area contributed by atoms with E-state index >= 15 is 0 Å². The number of nitrogens with one attached hydrogen (secondary N) is 1. The number of halogens is 2. The van der Waals surface area contributed by atoms with E-state index in [1.165, 1.54) is 11.0 Å². The van der Waals surface area contributed by atoms with Crippen LogP contribution in [0.2, 0.25) is 0 Å². The van der Waals surface area contributed by atoms with Crippen molar-refractivity contribution in [3.05, 3.63) is 64.4 Å². The topological polar surface area (TPSA) is 86.8 Å². The normalized spacial score (nSPS) is 15.3. The number of hydrogen-bond donors (Lipinski definition) is 1. The molecule has 0 saturated heterocycles. The maximum Gasteiger partial charge on any atom is 0.244 e. The molecular weight excluding hydrogens is 537 g/mol. The average Bonchev–Trinajstić information content (AvgIpc) is 2.81. The lowest BCUT2D eigenvalue weighted by atomic mass is 9.95. The summed E-state index contributed by atoms with van der Waals surface area (Å²) in [5.41, 5.74) is 0.548. The number of carbonyl (C=O) groups is 2. The zero-order valence-corrected chi connectivity index (χ0v) is 22.3. The fourth-order valence-electron chi connectivity index (χ4n) is 4.21. The highest BCUT2D eigenvalue weighted by Crippen LogP contribution is 2.23. The van der Waals surface area contributed by atoms with Gasteiger partial charge in [0.2, 0.25) is 21.8 Å². The lowest BCUT2D eigenvalue weighted by Gasteiger charge is -2.33. The van der Waals surface area contributed by atoms with Gasteiger partial charge in [-0.3, -0.25) is 13.9 Å². The molecule has 1 saturated carbocycles. The molecule has 0 heterocycles. The lowest BCUT2D eigenvalue weighted by molar-refractivity contribution is -0.139. The van der Waals surface area contributed by atoms with E-state index in [4.69, 9.17) is 0 Å². The van der Waals surface area contributed by atoms with Gasteiger partial charge in [0.1, 0.15) is 18.4 Å². The highest BCUT2D eigenvalue weighted by molar-refractivity contribution is 9.10. The van der Waals surface area contributed by atoms with Gasteiger partial charge in [0.05, 0.1) is 11.9 Å². The first-order chi connectivity index (χ1) is 16.6. The summed E-state index contributed by atoms with van der Waals surface area (Å²) in [6.07, 6.45) is 5.98. The predicted molar refractivity (Wildman–Crippen MR) is 138 cm³/mol. The minimum Gasteiger partial charge on any atom is -0.352 e. The van der Waals surface area contributed by atoms with E-state index in [9.17, 15) is 22.4 Å². The average molecular weight is 569 g/mol. The Balaban J connectivity index is 1.88. The Morgan fingerprint density at radius 3 is 2.43 bits per heavy atom. The molecule has 0 aromatic heterocycles. The molecule has 0 unspecified atom stereocenters. The number of benzene rings is 2. The fourth-order valence-corrected chi connectivity index (χ4v) is 5.44. The zero-order chi connectivity index (χ0) is 25.6. The van der Waals surface area contributed by atoms with E-state index in [2.05, 4.69) is 21.2 Å². The minimum atomic E-state index is -3.82. The molecular formula is C25H31BrFN3O4S. The predicted octanol–water partition coefficient (Wildman–Crippen LogP) is 4.22. The molecule has 2 aromatic carbocycles. The summed E-state index contributed by atoms with van der Waals surface area (Å²) >= 11 is 3.32. The van der Waals surface area contributed by atoms with Crippen LogP contribution in [0.25, 0.3) is 0 Å². The van der Waals surface area contributed by atoms with Crippen molar-refractivity contribution in [1.29, 1.82) is 0 Å². The van der Waals surface area contributed by atoms with Crippen molar-refractivity contribution in [2.75, 3.05) is 17.1 Å². The van der Waals surface area contributed by atoms with Crippen LogP contribution in [0.5, 0.6) is 0 Å². The van der Waals surface area contributed by atoms with Crippen molar-refractivity contribution in [1.82, 2.24) is 10.2 Å².